The van der Waals surface area contributed by atoms with Gasteiger partial charge in [-0.15, -0.1) is 0 Å². The molecule has 0 saturated heterocycles. The van der Waals surface area contributed by atoms with Crippen molar-refractivity contribution in [2.45, 2.75) is 13.3 Å². The molecule has 1 aromatic rings. The minimum Gasteiger partial charge on any atom is -0.385 e. The van der Waals surface area contributed by atoms with Gasteiger partial charge in [-0.3, -0.25) is 4.79 Å². The van der Waals surface area contributed by atoms with Crippen molar-refractivity contribution in [3.05, 3.63) is 29.8 Å². The van der Waals surface area contributed by atoms with E-state index in [-0.39, 0.29) is 5.91 Å². The molecule has 1 amide bonds. The first-order chi connectivity index (χ1) is 8.69. The Kier molecular flexibility index (Phi) is 6.22. The van der Waals surface area contributed by atoms with E-state index < -0.39 is 0 Å². The third-order valence-electron chi connectivity index (χ3n) is 2.86. The first-order valence-electron chi connectivity index (χ1n) is 6.27. The van der Waals surface area contributed by atoms with Crippen LogP contribution >= 0.6 is 0 Å². The van der Waals surface area contributed by atoms with Crippen LogP contribution in [0.3, 0.4) is 0 Å². The Balaban J connectivity index is 2.49. The van der Waals surface area contributed by atoms with Gasteiger partial charge in [0.25, 0.3) is 5.91 Å². The highest BCUT2D eigenvalue weighted by Crippen LogP contribution is 2.13. The monoisotopic (exact) mass is 250 g/mol. The number of ether oxygens (including phenoxy) is 1. The van der Waals surface area contributed by atoms with E-state index in [4.69, 9.17) is 4.74 Å². The summed E-state index contributed by atoms with van der Waals surface area (Å²) in [5.41, 5.74) is 1.81. The van der Waals surface area contributed by atoms with Gasteiger partial charge in [0, 0.05) is 45.1 Å². The number of anilines is 1. The van der Waals surface area contributed by atoms with Crippen LogP contribution in [0.25, 0.3) is 0 Å². The maximum absolute atomic E-state index is 11.8. The van der Waals surface area contributed by atoms with E-state index in [0.29, 0.717) is 18.7 Å². The van der Waals surface area contributed by atoms with E-state index in [1.807, 2.05) is 31.3 Å². The van der Waals surface area contributed by atoms with Crippen molar-refractivity contribution in [2.24, 2.45) is 0 Å². The van der Waals surface area contributed by atoms with Crippen LogP contribution < -0.4 is 10.2 Å². The van der Waals surface area contributed by atoms with E-state index in [2.05, 4.69) is 17.1 Å². The van der Waals surface area contributed by atoms with Crippen LogP contribution in [0.2, 0.25) is 0 Å². The summed E-state index contributed by atoms with van der Waals surface area (Å²) < 4.78 is 4.93. The Hall–Kier alpha value is -1.55. The molecule has 0 fully saturated rings. The fourth-order valence-electron chi connectivity index (χ4n) is 1.57. The molecule has 1 aromatic carbocycles. The number of amides is 1. The molecule has 0 saturated carbocycles. The Bertz CT molecular complexity index is 363. The fraction of sp³-hybridized carbons (Fsp3) is 0.500. The summed E-state index contributed by atoms with van der Waals surface area (Å²) in [6, 6.07) is 7.64. The van der Waals surface area contributed by atoms with E-state index >= 15 is 0 Å². The number of hydrogen-bond acceptors (Lipinski definition) is 3. The lowest BCUT2D eigenvalue weighted by Crippen LogP contribution is -2.25. The molecule has 0 heterocycles. The van der Waals surface area contributed by atoms with Gasteiger partial charge in [-0.2, -0.15) is 0 Å². The lowest BCUT2D eigenvalue weighted by molar-refractivity contribution is 0.0948. The number of benzene rings is 1. The Morgan fingerprint density at radius 2 is 2.00 bits per heavy atom. The molecule has 1 N–H and O–H groups in total. The van der Waals surface area contributed by atoms with E-state index in [1.165, 1.54) is 0 Å². The molecule has 0 aliphatic carbocycles. The quantitative estimate of drug-likeness (QED) is 0.752. The topological polar surface area (TPSA) is 41.6 Å². The third-order valence-corrected chi connectivity index (χ3v) is 2.86. The summed E-state index contributed by atoms with van der Waals surface area (Å²) in [5, 5.41) is 2.86. The Morgan fingerprint density at radius 1 is 1.33 bits per heavy atom. The number of hydrogen-bond donors (Lipinski definition) is 1. The Labute approximate surface area is 109 Å². The van der Waals surface area contributed by atoms with Gasteiger partial charge in [-0.25, -0.2) is 0 Å². The third kappa shape index (κ3) is 4.37. The zero-order chi connectivity index (χ0) is 13.4. The van der Waals surface area contributed by atoms with Crippen molar-refractivity contribution in [2.75, 3.05) is 38.8 Å². The molecule has 1 rings (SSSR count). The number of carbonyl (C=O) groups is 1. The second-order valence-electron chi connectivity index (χ2n) is 4.16. The number of nitrogens with one attached hydrogen (secondary N) is 1. The largest absolute Gasteiger partial charge is 0.385 e. The fourth-order valence-corrected chi connectivity index (χ4v) is 1.57. The minimum absolute atomic E-state index is 0.0307. The van der Waals surface area contributed by atoms with Gasteiger partial charge in [-0.05, 0) is 37.6 Å². The summed E-state index contributed by atoms with van der Waals surface area (Å²) in [6.07, 6.45) is 0.832. The van der Waals surface area contributed by atoms with E-state index in [9.17, 15) is 4.79 Å². The van der Waals surface area contributed by atoms with Gasteiger partial charge < -0.3 is 15.0 Å². The summed E-state index contributed by atoms with van der Waals surface area (Å²) in [7, 11) is 3.69. The first-order valence-corrected chi connectivity index (χ1v) is 6.27. The second-order valence-corrected chi connectivity index (χ2v) is 4.16. The average molecular weight is 250 g/mol. The molecule has 100 valence electrons. The lowest BCUT2D eigenvalue weighted by Gasteiger charge is -2.16. The van der Waals surface area contributed by atoms with Crippen LogP contribution in [0.4, 0.5) is 5.69 Å². The van der Waals surface area contributed by atoms with Gasteiger partial charge in [-0.1, -0.05) is 0 Å². The molecule has 0 spiro atoms. The highest BCUT2D eigenvalue weighted by molar-refractivity contribution is 5.94. The normalized spacial score (nSPS) is 10.2. The SMILES string of the molecule is CCN(C)c1ccc(C(=O)NCCCOC)cc1. The summed E-state index contributed by atoms with van der Waals surface area (Å²) in [6.45, 7) is 4.35. The summed E-state index contributed by atoms with van der Waals surface area (Å²) >= 11 is 0. The van der Waals surface area contributed by atoms with Gasteiger partial charge in [0.15, 0.2) is 0 Å². The zero-order valence-electron chi connectivity index (χ0n) is 11.4. The molecule has 4 heteroatoms. The number of nitrogens with zero attached hydrogens (tertiary/aromatic N) is 1. The van der Waals surface area contributed by atoms with E-state index in [0.717, 1.165) is 18.7 Å². The zero-order valence-corrected chi connectivity index (χ0v) is 11.4. The van der Waals surface area contributed by atoms with Crippen molar-refractivity contribution >= 4 is 11.6 Å². The predicted molar refractivity (Wildman–Crippen MR) is 74.2 cm³/mol. The summed E-state index contributed by atoms with van der Waals surface area (Å²) in [5.74, 6) is -0.0307. The molecule has 0 radical (unpaired) electrons. The van der Waals surface area contributed by atoms with Crippen molar-refractivity contribution in [3.63, 3.8) is 0 Å². The van der Waals surface area contributed by atoms with Crippen LogP contribution in [-0.4, -0.2) is 39.8 Å². The lowest BCUT2D eigenvalue weighted by atomic mass is 10.2. The first kappa shape index (κ1) is 14.5. The van der Waals surface area contributed by atoms with Crippen LogP contribution in [0.5, 0.6) is 0 Å². The molecule has 18 heavy (non-hydrogen) atoms. The van der Waals surface area contributed by atoms with Crippen molar-refractivity contribution in [1.29, 1.82) is 0 Å². The van der Waals surface area contributed by atoms with Gasteiger partial charge in [0.1, 0.15) is 0 Å². The maximum atomic E-state index is 11.8. The number of methoxy groups -OCH3 is 1. The van der Waals surface area contributed by atoms with Crippen molar-refractivity contribution in [3.8, 4) is 0 Å². The molecule has 0 aliphatic rings. The minimum atomic E-state index is -0.0307. The van der Waals surface area contributed by atoms with Crippen molar-refractivity contribution in [1.82, 2.24) is 5.32 Å². The van der Waals surface area contributed by atoms with Gasteiger partial charge in [0.2, 0.25) is 0 Å². The molecular weight excluding hydrogens is 228 g/mol. The summed E-state index contributed by atoms with van der Waals surface area (Å²) in [4.78, 5) is 13.9. The van der Waals surface area contributed by atoms with Crippen molar-refractivity contribution < 1.29 is 9.53 Å². The van der Waals surface area contributed by atoms with Gasteiger partial charge >= 0.3 is 0 Å². The molecule has 0 bridgehead atoms. The van der Waals surface area contributed by atoms with E-state index in [1.54, 1.807) is 7.11 Å². The number of carbonyl (C=O) groups excluding carboxylic acids is 1. The molecule has 0 unspecified atom stereocenters. The van der Waals surface area contributed by atoms with Crippen LogP contribution in [0, 0.1) is 0 Å². The smallest absolute Gasteiger partial charge is 0.251 e. The molecular formula is C14H22N2O2. The second kappa shape index (κ2) is 7.71. The highest BCUT2D eigenvalue weighted by Gasteiger charge is 2.05. The standard InChI is InChI=1S/C14H22N2O2/c1-4-16(2)13-8-6-12(7-9-13)14(17)15-10-5-11-18-3/h6-9H,4-5,10-11H2,1-3H3,(H,15,17). The highest BCUT2D eigenvalue weighted by atomic mass is 16.5. The van der Waals surface area contributed by atoms with Gasteiger partial charge in [0.05, 0.1) is 0 Å². The molecule has 0 aliphatic heterocycles. The maximum Gasteiger partial charge on any atom is 0.251 e. The number of rotatable bonds is 7. The Morgan fingerprint density at radius 3 is 2.56 bits per heavy atom. The average Bonchev–Trinajstić information content (AvgIpc) is 2.42. The predicted octanol–water partition coefficient (Wildman–Crippen LogP) is 1.91. The molecule has 0 atom stereocenters. The molecule has 4 nitrogen and oxygen atoms in total. The van der Waals surface area contributed by atoms with Crippen LogP contribution in [0.1, 0.15) is 23.7 Å². The van der Waals surface area contributed by atoms with Crippen LogP contribution in [0.15, 0.2) is 24.3 Å². The molecule has 0 aromatic heterocycles. The van der Waals surface area contributed by atoms with Crippen LogP contribution in [-0.2, 0) is 4.74 Å².